The number of halogens is 1. The van der Waals surface area contributed by atoms with E-state index < -0.39 is 0 Å². The van der Waals surface area contributed by atoms with Crippen molar-refractivity contribution in [3.8, 4) is 11.8 Å². The minimum atomic E-state index is -0.358. The molecule has 0 spiro atoms. The standard InChI is InChI=1S/C13H12FNO/c1-13(2)6-9(7-15)11-5-10(14)3-4-12(11)16-8-13/h3-6H,8H2,1-2H3. The lowest BCUT2D eigenvalue weighted by Crippen LogP contribution is -2.17. The Balaban J connectivity index is 2.60. The molecule has 0 N–H and O–H groups in total. The third kappa shape index (κ3) is 1.92. The number of fused-ring (bicyclic) bond motifs is 1. The smallest absolute Gasteiger partial charge is 0.128 e. The average molecular weight is 217 g/mol. The average Bonchev–Trinajstić information content (AvgIpc) is 2.36. The topological polar surface area (TPSA) is 33.0 Å². The summed E-state index contributed by atoms with van der Waals surface area (Å²) in [6.45, 7) is 4.44. The molecule has 2 rings (SSSR count). The van der Waals surface area contributed by atoms with Crippen molar-refractivity contribution < 1.29 is 9.13 Å². The molecule has 0 fully saturated rings. The molecule has 0 atom stereocenters. The van der Waals surface area contributed by atoms with E-state index in [4.69, 9.17) is 10.00 Å². The Labute approximate surface area is 94.0 Å². The lowest BCUT2D eigenvalue weighted by molar-refractivity contribution is 0.224. The van der Waals surface area contributed by atoms with Gasteiger partial charge in [0.15, 0.2) is 0 Å². The maximum Gasteiger partial charge on any atom is 0.128 e. The highest BCUT2D eigenvalue weighted by Gasteiger charge is 2.23. The molecule has 0 aromatic heterocycles. The van der Waals surface area contributed by atoms with E-state index in [0.29, 0.717) is 23.5 Å². The zero-order valence-corrected chi connectivity index (χ0v) is 9.25. The predicted molar refractivity (Wildman–Crippen MR) is 59.3 cm³/mol. The highest BCUT2D eigenvalue weighted by Crippen LogP contribution is 2.34. The summed E-state index contributed by atoms with van der Waals surface area (Å²) in [7, 11) is 0. The number of benzene rings is 1. The van der Waals surface area contributed by atoms with Gasteiger partial charge in [0.1, 0.15) is 11.6 Å². The Hall–Kier alpha value is -1.82. The van der Waals surface area contributed by atoms with Crippen molar-refractivity contribution >= 4 is 5.57 Å². The van der Waals surface area contributed by atoms with E-state index in [1.165, 1.54) is 12.1 Å². The van der Waals surface area contributed by atoms with Crippen molar-refractivity contribution in [2.24, 2.45) is 5.41 Å². The minimum absolute atomic E-state index is 0.222. The van der Waals surface area contributed by atoms with E-state index in [1.807, 2.05) is 19.9 Å². The molecule has 0 amide bonds. The van der Waals surface area contributed by atoms with E-state index >= 15 is 0 Å². The second-order valence-electron chi connectivity index (χ2n) is 4.59. The Morgan fingerprint density at radius 1 is 1.44 bits per heavy atom. The fourth-order valence-electron chi connectivity index (χ4n) is 1.70. The van der Waals surface area contributed by atoms with Crippen molar-refractivity contribution in [1.82, 2.24) is 0 Å². The quantitative estimate of drug-likeness (QED) is 0.668. The number of nitrogens with zero attached hydrogens (tertiary/aromatic N) is 1. The highest BCUT2D eigenvalue weighted by molar-refractivity contribution is 5.81. The van der Waals surface area contributed by atoms with Crippen LogP contribution in [0.25, 0.3) is 5.57 Å². The molecular formula is C13H12FNO. The van der Waals surface area contributed by atoms with Crippen molar-refractivity contribution in [3.63, 3.8) is 0 Å². The molecule has 0 saturated heterocycles. The summed E-state index contributed by atoms with van der Waals surface area (Å²) in [6.07, 6.45) is 1.83. The van der Waals surface area contributed by atoms with Crippen LogP contribution in [-0.2, 0) is 0 Å². The summed E-state index contributed by atoms with van der Waals surface area (Å²) in [5.74, 6) is 0.211. The molecule has 16 heavy (non-hydrogen) atoms. The molecular weight excluding hydrogens is 205 g/mol. The van der Waals surface area contributed by atoms with Crippen LogP contribution in [0.3, 0.4) is 0 Å². The first-order chi connectivity index (χ1) is 7.52. The fraction of sp³-hybridized carbons (Fsp3) is 0.308. The molecule has 0 aliphatic carbocycles. The largest absolute Gasteiger partial charge is 0.492 e. The van der Waals surface area contributed by atoms with E-state index in [-0.39, 0.29) is 11.2 Å². The molecule has 3 heteroatoms. The SMILES string of the molecule is CC1(C)C=C(C#N)c2cc(F)ccc2OC1. The molecule has 0 radical (unpaired) electrons. The number of rotatable bonds is 0. The predicted octanol–water partition coefficient (Wildman–Crippen LogP) is 3.15. The summed E-state index contributed by atoms with van der Waals surface area (Å²) in [6, 6.07) is 6.34. The van der Waals surface area contributed by atoms with Gasteiger partial charge in [-0.15, -0.1) is 0 Å². The summed E-state index contributed by atoms with van der Waals surface area (Å²) >= 11 is 0. The minimum Gasteiger partial charge on any atom is -0.492 e. The zero-order chi connectivity index (χ0) is 11.8. The monoisotopic (exact) mass is 217 g/mol. The van der Waals surface area contributed by atoms with Crippen molar-refractivity contribution in [3.05, 3.63) is 35.7 Å². The number of hydrogen-bond donors (Lipinski definition) is 0. The Morgan fingerprint density at radius 2 is 2.19 bits per heavy atom. The van der Waals surface area contributed by atoms with Gasteiger partial charge in [-0.2, -0.15) is 5.26 Å². The molecule has 1 aromatic rings. The molecule has 1 aliphatic heterocycles. The summed E-state index contributed by atoms with van der Waals surface area (Å²) in [5.41, 5.74) is 0.783. The van der Waals surface area contributed by atoms with Crippen molar-refractivity contribution in [2.45, 2.75) is 13.8 Å². The zero-order valence-electron chi connectivity index (χ0n) is 9.25. The Morgan fingerprint density at radius 3 is 2.88 bits per heavy atom. The number of allylic oxidation sites excluding steroid dienone is 1. The molecule has 82 valence electrons. The maximum absolute atomic E-state index is 13.1. The van der Waals surface area contributed by atoms with Gasteiger partial charge in [0.2, 0.25) is 0 Å². The number of ether oxygens (including phenoxy) is 1. The molecule has 2 nitrogen and oxygen atoms in total. The van der Waals surface area contributed by atoms with E-state index in [1.54, 1.807) is 6.07 Å². The van der Waals surface area contributed by atoms with Crippen molar-refractivity contribution in [1.29, 1.82) is 5.26 Å². The first-order valence-electron chi connectivity index (χ1n) is 5.07. The van der Waals surface area contributed by atoms with E-state index in [0.717, 1.165) is 0 Å². The molecule has 1 aliphatic rings. The fourth-order valence-corrected chi connectivity index (χ4v) is 1.70. The Kier molecular flexibility index (Phi) is 2.43. The van der Waals surface area contributed by atoms with Crippen LogP contribution in [0.15, 0.2) is 24.3 Å². The van der Waals surface area contributed by atoms with E-state index in [2.05, 4.69) is 6.07 Å². The van der Waals surface area contributed by atoms with Crippen molar-refractivity contribution in [2.75, 3.05) is 6.61 Å². The number of nitriles is 1. The lowest BCUT2D eigenvalue weighted by Gasteiger charge is -2.18. The van der Waals surface area contributed by atoms with Gasteiger partial charge < -0.3 is 4.74 Å². The van der Waals surface area contributed by atoms with Gasteiger partial charge in [0.25, 0.3) is 0 Å². The second-order valence-corrected chi connectivity index (χ2v) is 4.59. The van der Waals surface area contributed by atoms with Crippen LogP contribution in [0, 0.1) is 22.6 Å². The second kappa shape index (κ2) is 3.64. The van der Waals surface area contributed by atoms with Gasteiger partial charge >= 0.3 is 0 Å². The summed E-state index contributed by atoms with van der Waals surface area (Å²) in [5, 5.41) is 9.09. The summed E-state index contributed by atoms with van der Waals surface area (Å²) < 4.78 is 18.7. The van der Waals surface area contributed by atoms with Gasteiger partial charge in [-0.1, -0.05) is 19.9 Å². The molecule has 0 unspecified atom stereocenters. The molecule has 0 saturated carbocycles. The maximum atomic E-state index is 13.1. The Bertz CT molecular complexity index is 497. The molecule has 1 aromatic carbocycles. The first kappa shape index (κ1) is 10.7. The van der Waals surface area contributed by atoms with Crippen LogP contribution in [0.5, 0.6) is 5.75 Å². The number of hydrogen-bond acceptors (Lipinski definition) is 2. The van der Waals surface area contributed by atoms with Crippen LogP contribution in [0.2, 0.25) is 0 Å². The highest BCUT2D eigenvalue weighted by atomic mass is 19.1. The molecule has 1 heterocycles. The van der Waals surface area contributed by atoms with Gasteiger partial charge in [0.05, 0.1) is 18.2 Å². The lowest BCUT2D eigenvalue weighted by atomic mass is 9.91. The van der Waals surface area contributed by atoms with Gasteiger partial charge in [-0.05, 0) is 18.2 Å². The van der Waals surface area contributed by atoms with Crippen LogP contribution in [0.1, 0.15) is 19.4 Å². The van der Waals surface area contributed by atoms with Crippen LogP contribution in [0.4, 0.5) is 4.39 Å². The third-order valence-corrected chi connectivity index (χ3v) is 2.49. The van der Waals surface area contributed by atoms with Crippen LogP contribution < -0.4 is 4.74 Å². The van der Waals surface area contributed by atoms with E-state index in [9.17, 15) is 4.39 Å². The van der Waals surface area contributed by atoms with Gasteiger partial charge in [-0.3, -0.25) is 0 Å². The van der Waals surface area contributed by atoms with Gasteiger partial charge in [-0.25, -0.2) is 4.39 Å². The molecule has 0 bridgehead atoms. The normalized spacial score (nSPS) is 17.5. The van der Waals surface area contributed by atoms with Crippen LogP contribution >= 0.6 is 0 Å². The first-order valence-corrected chi connectivity index (χ1v) is 5.07. The third-order valence-electron chi connectivity index (χ3n) is 2.49. The summed E-state index contributed by atoms with van der Waals surface area (Å²) in [4.78, 5) is 0. The van der Waals surface area contributed by atoms with Gasteiger partial charge in [0, 0.05) is 11.0 Å². The van der Waals surface area contributed by atoms with Crippen LogP contribution in [-0.4, -0.2) is 6.61 Å².